The second-order valence-electron chi connectivity index (χ2n) is 7.29. The summed E-state index contributed by atoms with van der Waals surface area (Å²) in [6.07, 6.45) is 8.06. The third kappa shape index (κ3) is 3.26. The first-order valence-corrected chi connectivity index (χ1v) is 9.32. The van der Waals surface area contributed by atoms with E-state index in [4.69, 9.17) is 0 Å². The lowest BCUT2D eigenvalue weighted by atomic mass is 9.98. The highest BCUT2D eigenvalue weighted by Gasteiger charge is 2.24. The molecule has 3 heterocycles. The molecule has 4 rings (SSSR count). The van der Waals surface area contributed by atoms with Gasteiger partial charge >= 0.3 is 0 Å². The van der Waals surface area contributed by atoms with Gasteiger partial charge in [-0.1, -0.05) is 25.1 Å². The minimum Gasteiger partial charge on any atom is -0.370 e. The van der Waals surface area contributed by atoms with Crippen LogP contribution >= 0.6 is 0 Å². The quantitative estimate of drug-likeness (QED) is 0.835. The minimum atomic E-state index is 0.0619. The van der Waals surface area contributed by atoms with Crippen LogP contribution in [0.25, 0.3) is 0 Å². The first-order chi connectivity index (χ1) is 12.2. The maximum absolute atomic E-state index is 13.1. The lowest BCUT2D eigenvalue weighted by molar-refractivity contribution is 0.0985. The summed E-state index contributed by atoms with van der Waals surface area (Å²) in [5, 5.41) is 0. The van der Waals surface area contributed by atoms with Crippen LogP contribution in [0.5, 0.6) is 0 Å². The molecule has 4 heteroatoms. The zero-order valence-electron chi connectivity index (χ0n) is 14.8. The molecule has 2 aliphatic rings. The number of hydrogen-bond acceptors (Lipinski definition) is 3. The van der Waals surface area contributed by atoms with Crippen molar-refractivity contribution in [3.05, 3.63) is 53.9 Å². The smallest absolute Gasteiger partial charge is 0.259 e. The highest BCUT2D eigenvalue weighted by atomic mass is 16.2. The van der Waals surface area contributed by atoms with Gasteiger partial charge < -0.3 is 9.80 Å². The standard InChI is InChI=1S/C21H25N3O/c1-16-8-11-23(12-9-16)19-13-18(14-22-15-19)21(25)24-10-4-6-17-5-2-3-7-20(17)24/h2-3,5,7,13-16H,4,6,8-12H2,1H3. The van der Waals surface area contributed by atoms with Gasteiger partial charge in [-0.05, 0) is 49.3 Å². The zero-order chi connectivity index (χ0) is 17.2. The van der Waals surface area contributed by atoms with Gasteiger partial charge in [0.15, 0.2) is 0 Å². The van der Waals surface area contributed by atoms with E-state index in [2.05, 4.69) is 28.9 Å². The molecule has 0 aliphatic carbocycles. The van der Waals surface area contributed by atoms with Crippen molar-refractivity contribution in [1.82, 2.24) is 4.98 Å². The Morgan fingerprint density at radius 1 is 1.12 bits per heavy atom. The van der Waals surface area contributed by atoms with Crippen molar-refractivity contribution in [2.24, 2.45) is 5.92 Å². The molecule has 1 aromatic carbocycles. The summed E-state index contributed by atoms with van der Waals surface area (Å²) in [7, 11) is 0. The van der Waals surface area contributed by atoms with E-state index in [1.54, 1.807) is 6.20 Å². The molecule has 0 atom stereocenters. The molecule has 0 bridgehead atoms. The monoisotopic (exact) mass is 335 g/mol. The van der Waals surface area contributed by atoms with Crippen LogP contribution in [-0.4, -0.2) is 30.5 Å². The zero-order valence-corrected chi connectivity index (χ0v) is 14.8. The van der Waals surface area contributed by atoms with E-state index in [1.165, 1.54) is 18.4 Å². The Hall–Kier alpha value is -2.36. The molecule has 1 amide bonds. The SMILES string of the molecule is CC1CCN(c2cncc(C(=O)N3CCCc4ccccc43)c2)CC1. The largest absolute Gasteiger partial charge is 0.370 e. The number of nitrogens with zero attached hydrogens (tertiary/aromatic N) is 3. The fourth-order valence-corrected chi connectivity index (χ4v) is 3.88. The predicted octanol–water partition coefficient (Wildman–Crippen LogP) is 3.91. The number of carbonyl (C=O) groups excluding carboxylic acids is 1. The molecule has 4 nitrogen and oxygen atoms in total. The van der Waals surface area contributed by atoms with Crippen LogP contribution in [-0.2, 0) is 6.42 Å². The minimum absolute atomic E-state index is 0.0619. The number of pyridine rings is 1. The van der Waals surface area contributed by atoms with Crippen molar-refractivity contribution in [1.29, 1.82) is 0 Å². The van der Waals surface area contributed by atoms with E-state index >= 15 is 0 Å². The molecule has 1 fully saturated rings. The van der Waals surface area contributed by atoms with E-state index in [0.29, 0.717) is 5.56 Å². The lowest BCUT2D eigenvalue weighted by Crippen LogP contribution is -2.36. The molecule has 130 valence electrons. The second-order valence-corrected chi connectivity index (χ2v) is 7.29. The molecule has 1 aromatic heterocycles. The molecule has 1 saturated heterocycles. The van der Waals surface area contributed by atoms with Crippen LogP contribution in [0.3, 0.4) is 0 Å². The van der Waals surface area contributed by atoms with Crippen LogP contribution in [0.2, 0.25) is 0 Å². The number of amides is 1. The summed E-state index contributed by atoms with van der Waals surface area (Å²) in [5.41, 5.74) is 4.07. The van der Waals surface area contributed by atoms with Gasteiger partial charge in [-0.3, -0.25) is 9.78 Å². The van der Waals surface area contributed by atoms with Crippen molar-refractivity contribution in [2.45, 2.75) is 32.6 Å². The van der Waals surface area contributed by atoms with E-state index < -0.39 is 0 Å². The molecular weight excluding hydrogens is 310 g/mol. The van der Waals surface area contributed by atoms with Gasteiger partial charge in [-0.15, -0.1) is 0 Å². The Morgan fingerprint density at radius 3 is 2.76 bits per heavy atom. The molecule has 2 aliphatic heterocycles. The van der Waals surface area contributed by atoms with Crippen molar-refractivity contribution in [3.63, 3.8) is 0 Å². The van der Waals surface area contributed by atoms with Gasteiger partial charge in [0.05, 0.1) is 17.4 Å². The first-order valence-electron chi connectivity index (χ1n) is 9.32. The number of rotatable bonds is 2. The summed E-state index contributed by atoms with van der Waals surface area (Å²) in [5.74, 6) is 0.853. The maximum atomic E-state index is 13.1. The Kier molecular flexibility index (Phi) is 4.43. The first kappa shape index (κ1) is 16.1. The average Bonchev–Trinajstić information content (AvgIpc) is 2.68. The number of anilines is 2. The predicted molar refractivity (Wildman–Crippen MR) is 101 cm³/mol. The van der Waals surface area contributed by atoms with E-state index in [1.807, 2.05) is 29.3 Å². The third-order valence-corrected chi connectivity index (χ3v) is 5.47. The Bertz CT molecular complexity index is 765. The topological polar surface area (TPSA) is 36.4 Å². The molecular formula is C21H25N3O. The number of carbonyl (C=O) groups is 1. The van der Waals surface area contributed by atoms with Gasteiger partial charge in [-0.25, -0.2) is 0 Å². The highest BCUT2D eigenvalue weighted by Crippen LogP contribution is 2.29. The summed E-state index contributed by atoms with van der Waals surface area (Å²) < 4.78 is 0. The number of aryl methyl sites for hydroxylation is 1. The molecule has 0 spiro atoms. The fourth-order valence-electron chi connectivity index (χ4n) is 3.88. The second kappa shape index (κ2) is 6.87. The summed E-state index contributed by atoms with van der Waals surface area (Å²) in [4.78, 5) is 21.7. The molecule has 0 unspecified atom stereocenters. The highest BCUT2D eigenvalue weighted by molar-refractivity contribution is 6.07. The Balaban J connectivity index is 1.58. The van der Waals surface area contributed by atoms with Crippen molar-refractivity contribution in [2.75, 3.05) is 29.4 Å². The lowest BCUT2D eigenvalue weighted by Gasteiger charge is -2.32. The van der Waals surface area contributed by atoms with Crippen molar-refractivity contribution >= 4 is 17.3 Å². The van der Waals surface area contributed by atoms with Crippen LogP contribution in [0.4, 0.5) is 11.4 Å². The fraction of sp³-hybridized carbons (Fsp3) is 0.429. The average molecular weight is 335 g/mol. The molecule has 0 radical (unpaired) electrons. The molecule has 0 saturated carbocycles. The van der Waals surface area contributed by atoms with E-state index in [0.717, 1.165) is 49.8 Å². The summed E-state index contributed by atoms with van der Waals surface area (Å²) in [6, 6.07) is 10.2. The Labute approximate surface area is 149 Å². The van der Waals surface area contributed by atoms with Gasteiger partial charge in [0.25, 0.3) is 5.91 Å². The van der Waals surface area contributed by atoms with Gasteiger partial charge in [0.2, 0.25) is 0 Å². The van der Waals surface area contributed by atoms with Crippen molar-refractivity contribution in [3.8, 4) is 0 Å². The third-order valence-electron chi connectivity index (χ3n) is 5.47. The summed E-state index contributed by atoms with van der Waals surface area (Å²) >= 11 is 0. The number of para-hydroxylation sites is 1. The van der Waals surface area contributed by atoms with Gasteiger partial charge in [-0.2, -0.15) is 0 Å². The molecule has 0 N–H and O–H groups in total. The normalized spacial score (nSPS) is 18.1. The van der Waals surface area contributed by atoms with Gasteiger partial charge in [0.1, 0.15) is 0 Å². The number of fused-ring (bicyclic) bond motifs is 1. The number of benzene rings is 1. The number of hydrogen-bond donors (Lipinski definition) is 0. The summed E-state index contributed by atoms with van der Waals surface area (Å²) in [6.45, 7) is 5.19. The number of aromatic nitrogens is 1. The van der Waals surface area contributed by atoms with E-state index in [-0.39, 0.29) is 5.91 Å². The van der Waals surface area contributed by atoms with Gasteiger partial charge in [0, 0.05) is 31.5 Å². The van der Waals surface area contributed by atoms with Crippen molar-refractivity contribution < 1.29 is 4.79 Å². The van der Waals surface area contributed by atoms with Crippen LogP contribution in [0.15, 0.2) is 42.7 Å². The van der Waals surface area contributed by atoms with Crippen LogP contribution in [0.1, 0.15) is 42.1 Å². The van der Waals surface area contributed by atoms with Crippen LogP contribution in [0, 0.1) is 5.92 Å². The van der Waals surface area contributed by atoms with Crippen LogP contribution < -0.4 is 9.80 Å². The molecule has 25 heavy (non-hydrogen) atoms. The maximum Gasteiger partial charge on any atom is 0.259 e. The Morgan fingerprint density at radius 2 is 1.92 bits per heavy atom. The van der Waals surface area contributed by atoms with E-state index in [9.17, 15) is 4.79 Å². The molecule has 2 aromatic rings. The number of piperidine rings is 1.